The number of carbonyl (C=O) groups excluding carboxylic acids is 3. The van der Waals surface area contributed by atoms with Gasteiger partial charge >= 0.3 is 12.1 Å². The van der Waals surface area contributed by atoms with Crippen molar-refractivity contribution in [2.24, 2.45) is 0 Å². The van der Waals surface area contributed by atoms with Crippen LogP contribution in [0.4, 0.5) is 10.5 Å². The number of benzene rings is 2. The van der Waals surface area contributed by atoms with Crippen molar-refractivity contribution in [2.45, 2.75) is 65.7 Å². The summed E-state index contributed by atoms with van der Waals surface area (Å²) in [6, 6.07) is 17.9. The minimum absolute atomic E-state index is 0.0877. The van der Waals surface area contributed by atoms with E-state index in [1.807, 2.05) is 70.2 Å². The predicted molar refractivity (Wildman–Crippen MR) is 193 cm³/mol. The number of hydrogen-bond acceptors (Lipinski definition) is 9. The van der Waals surface area contributed by atoms with Gasteiger partial charge in [-0.25, -0.2) is 9.59 Å². The molecule has 0 saturated carbocycles. The number of ether oxygens (including phenoxy) is 2. The van der Waals surface area contributed by atoms with Gasteiger partial charge in [-0.1, -0.05) is 30.3 Å². The molecule has 5 rings (SSSR count). The first kappa shape index (κ1) is 35.4. The lowest BCUT2D eigenvalue weighted by atomic mass is 9.97. The molecular weight excluding hydrogens is 647 g/mol. The summed E-state index contributed by atoms with van der Waals surface area (Å²) in [7, 11) is 1.69. The number of amides is 2. The van der Waals surface area contributed by atoms with Gasteiger partial charge in [-0.05, 0) is 88.4 Å². The van der Waals surface area contributed by atoms with E-state index >= 15 is 0 Å². The van der Waals surface area contributed by atoms with Gasteiger partial charge in [0.1, 0.15) is 12.2 Å². The zero-order valence-corrected chi connectivity index (χ0v) is 30.2. The smallest absolute Gasteiger partial charge is 0.410 e. The molecule has 2 aromatic heterocycles. The van der Waals surface area contributed by atoms with Crippen molar-refractivity contribution in [3.8, 4) is 10.4 Å². The number of piperidine rings is 1. The molecule has 48 heavy (non-hydrogen) atoms. The van der Waals surface area contributed by atoms with Crippen molar-refractivity contribution in [1.29, 1.82) is 0 Å². The van der Waals surface area contributed by atoms with Gasteiger partial charge in [0.25, 0.3) is 5.91 Å². The molecule has 11 heteroatoms. The second kappa shape index (κ2) is 15.1. The Kier molecular flexibility index (Phi) is 11.1. The molecule has 0 unspecified atom stereocenters. The summed E-state index contributed by atoms with van der Waals surface area (Å²) in [5, 5.41) is 9.25. The van der Waals surface area contributed by atoms with Crippen LogP contribution in [-0.2, 0) is 16.1 Å². The molecule has 0 radical (unpaired) electrons. The van der Waals surface area contributed by atoms with Crippen molar-refractivity contribution in [2.75, 3.05) is 44.7 Å². The maximum atomic E-state index is 13.7. The molecule has 0 spiro atoms. The van der Waals surface area contributed by atoms with Gasteiger partial charge in [0.15, 0.2) is 0 Å². The van der Waals surface area contributed by atoms with Crippen LogP contribution < -0.4 is 4.90 Å². The largest absolute Gasteiger partial charge is 0.457 e. The highest BCUT2D eigenvalue weighted by molar-refractivity contribution is 7.30. The van der Waals surface area contributed by atoms with E-state index in [0.29, 0.717) is 23.5 Å². The third-order valence-electron chi connectivity index (χ3n) is 8.50. The number of carbonyl (C=O) groups is 3. The minimum atomic E-state index is -0.546. The van der Waals surface area contributed by atoms with Crippen LogP contribution in [0.2, 0.25) is 0 Å². The van der Waals surface area contributed by atoms with E-state index in [-0.39, 0.29) is 43.8 Å². The zero-order chi connectivity index (χ0) is 34.6. The Morgan fingerprint density at radius 1 is 1.00 bits per heavy atom. The van der Waals surface area contributed by atoms with Crippen LogP contribution in [0, 0.1) is 6.92 Å². The number of thiophene rings is 2. The highest BCUT2D eigenvalue weighted by Crippen LogP contribution is 2.41. The summed E-state index contributed by atoms with van der Waals surface area (Å²) in [5.74, 6) is -0.496. The Bertz CT molecular complexity index is 1720. The number of rotatable bonds is 10. The fraction of sp³-hybridized carbons (Fsp3) is 0.432. The molecule has 2 aromatic carbocycles. The Labute approximate surface area is 290 Å². The van der Waals surface area contributed by atoms with Crippen LogP contribution >= 0.6 is 22.7 Å². The average Bonchev–Trinajstić information content (AvgIpc) is 3.64. The van der Waals surface area contributed by atoms with E-state index < -0.39 is 5.60 Å². The van der Waals surface area contributed by atoms with Crippen LogP contribution in [0.25, 0.3) is 19.8 Å². The molecule has 0 bridgehead atoms. The van der Waals surface area contributed by atoms with Crippen LogP contribution in [0.3, 0.4) is 0 Å². The molecule has 0 atom stereocenters. The first-order valence-corrected chi connectivity index (χ1v) is 18.0. The number of hydrogen-bond donors (Lipinski definition) is 1. The molecule has 0 aliphatic carbocycles. The quantitative estimate of drug-likeness (QED) is 0.171. The van der Waals surface area contributed by atoms with Crippen molar-refractivity contribution in [3.05, 3.63) is 76.2 Å². The summed E-state index contributed by atoms with van der Waals surface area (Å²) in [6.45, 7) is 12.0. The topological polar surface area (TPSA) is 99.6 Å². The lowest BCUT2D eigenvalue weighted by Crippen LogP contribution is -2.48. The highest BCUT2D eigenvalue weighted by atomic mass is 32.1. The Hall–Kier alpha value is -3.93. The van der Waals surface area contributed by atoms with E-state index in [9.17, 15) is 19.5 Å². The number of likely N-dealkylation sites (tertiary alicyclic amines) is 1. The predicted octanol–water partition coefficient (Wildman–Crippen LogP) is 7.59. The molecule has 256 valence electrons. The van der Waals surface area contributed by atoms with Gasteiger partial charge < -0.3 is 29.3 Å². The van der Waals surface area contributed by atoms with Crippen molar-refractivity contribution >= 4 is 55.7 Å². The van der Waals surface area contributed by atoms with Gasteiger partial charge in [-0.2, -0.15) is 0 Å². The third kappa shape index (κ3) is 8.19. The Balaban J connectivity index is 1.46. The van der Waals surface area contributed by atoms with Gasteiger partial charge in [0.2, 0.25) is 0 Å². The van der Waals surface area contributed by atoms with E-state index in [1.54, 1.807) is 23.3 Å². The van der Waals surface area contributed by atoms with Gasteiger partial charge in [-0.3, -0.25) is 4.79 Å². The maximum Gasteiger partial charge on any atom is 0.410 e. The molecule has 3 heterocycles. The molecule has 1 saturated heterocycles. The first-order valence-electron chi connectivity index (χ1n) is 16.4. The van der Waals surface area contributed by atoms with Crippen LogP contribution in [0.1, 0.15) is 71.7 Å². The molecule has 2 amide bonds. The number of aliphatic hydroxyl groups excluding tert-OH is 1. The molecule has 1 N–H and O–H groups in total. The average molecular weight is 692 g/mol. The fourth-order valence-corrected chi connectivity index (χ4v) is 8.37. The Morgan fingerprint density at radius 3 is 2.31 bits per heavy atom. The van der Waals surface area contributed by atoms with E-state index in [0.717, 1.165) is 56.0 Å². The number of aliphatic hydroxyl groups is 1. The maximum absolute atomic E-state index is 13.7. The number of fused-ring (bicyclic) bond motifs is 1. The summed E-state index contributed by atoms with van der Waals surface area (Å²) < 4.78 is 13.4. The molecular formula is C37H45N3O6S2. The lowest BCUT2D eigenvalue weighted by Gasteiger charge is -2.40. The second-order valence-corrected chi connectivity index (χ2v) is 15.3. The van der Waals surface area contributed by atoms with Crippen molar-refractivity contribution in [3.63, 3.8) is 0 Å². The van der Waals surface area contributed by atoms with E-state index in [2.05, 4.69) is 24.0 Å². The summed E-state index contributed by atoms with van der Waals surface area (Å²) in [4.78, 5) is 46.6. The van der Waals surface area contributed by atoms with Crippen LogP contribution in [-0.4, -0.2) is 84.4 Å². The van der Waals surface area contributed by atoms with E-state index in [4.69, 9.17) is 9.47 Å². The first-order chi connectivity index (χ1) is 22.9. The summed E-state index contributed by atoms with van der Waals surface area (Å²) in [6.07, 6.45) is 1.27. The SMILES string of the molecule is CCN(c1cc(-c2cc3sc(C(=O)N(C)CCO)cc3s2)cc(C(=O)OCc2ccccc2)c1C)C1CCN(C(=O)OC(C)(C)C)CC1. The van der Waals surface area contributed by atoms with E-state index in [1.165, 1.54) is 16.2 Å². The molecule has 1 aliphatic rings. The number of anilines is 1. The zero-order valence-electron chi connectivity index (χ0n) is 28.6. The van der Waals surface area contributed by atoms with Gasteiger partial charge in [-0.15, -0.1) is 22.7 Å². The third-order valence-corrected chi connectivity index (χ3v) is 10.8. The second-order valence-electron chi connectivity index (χ2n) is 13.1. The van der Waals surface area contributed by atoms with Crippen molar-refractivity contribution in [1.82, 2.24) is 9.80 Å². The summed E-state index contributed by atoms with van der Waals surface area (Å²) in [5.41, 5.74) is 3.62. The molecule has 1 fully saturated rings. The van der Waals surface area contributed by atoms with Gasteiger partial charge in [0, 0.05) is 59.2 Å². The number of esters is 1. The number of likely N-dealkylation sites (N-methyl/N-ethyl adjacent to an activating group) is 1. The number of nitrogens with zero attached hydrogens (tertiary/aromatic N) is 3. The molecule has 1 aliphatic heterocycles. The summed E-state index contributed by atoms with van der Waals surface area (Å²) >= 11 is 3.01. The highest BCUT2D eigenvalue weighted by Gasteiger charge is 2.31. The molecule has 9 nitrogen and oxygen atoms in total. The fourth-order valence-electron chi connectivity index (χ4n) is 5.99. The van der Waals surface area contributed by atoms with Crippen LogP contribution in [0.15, 0.2) is 54.6 Å². The molecule has 4 aromatic rings. The minimum Gasteiger partial charge on any atom is -0.457 e. The monoisotopic (exact) mass is 691 g/mol. The normalized spacial score (nSPS) is 13.9. The Morgan fingerprint density at radius 2 is 1.69 bits per heavy atom. The standard InChI is InChI=1S/C37H45N3O6S2/c1-7-40(27-13-15-39(16-14-27)36(44)46-37(3,4)5)29-20-26(19-28(24(29)2)35(43)45-23-25-11-9-8-10-12-25)30-21-31-32(47-30)22-33(48-31)34(42)38(6)17-18-41/h8-12,19-22,27,41H,7,13-18,23H2,1-6H3. The van der Waals surface area contributed by atoms with Crippen LogP contribution in [0.5, 0.6) is 0 Å². The van der Waals surface area contributed by atoms with Crippen molar-refractivity contribution < 1.29 is 29.0 Å². The van der Waals surface area contributed by atoms with Gasteiger partial charge in [0.05, 0.1) is 17.0 Å². The lowest BCUT2D eigenvalue weighted by molar-refractivity contribution is 0.0204.